The minimum absolute atomic E-state index is 0.197. The maximum absolute atomic E-state index is 12.2. The van der Waals surface area contributed by atoms with Crippen LogP contribution in [0.2, 0.25) is 0 Å². The van der Waals surface area contributed by atoms with E-state index in [9.17, 15) is 9.59 Å². The molecule has 1 aromatic heterocycles. The molecule has 0 aliphatic heterocycles. The molecule has 3 rings (SSSR count). The van der Waals surface area contributed by atoms with Gasteiger partial charge in [0.2, 0.25) is 5.91 Å². The van der Waals surface area contributed by atoms with E-state index in [1.165, 1.54) is 23.1 Å². The summed E-state index contributed by atoms with van der Waals surface area (Å²) in [5.41, 5.74) is 1.96. The fourth-order valence-corrected chi connectivity index (χ4v) is 4.73. The van der Waals surface area contributed by atoms with Crippen LogP contribution in [0.5, 0.6) is 0 Å². The summed E-state index contributed by atoms with van der Waals surface area (Å²) in [6, 6.07) is 9.73. The number of carbonyl (C=O) groups excluding carboxylic acids is 2. The van der Waals surface area contributed by atoms with Crippen LogP contribution in [-0.2, 0) is 4.79 Å². The number of nitrogens with zero attached hydrogens (tertiary/aromatic N) is 1. The summed E-state index contributed by atoms with van der Waals surface area (Å²) < 4.78 is 0.817. The van der Waals surface area contributed by atoms with Crippen molar-refractivity contribution in [1.82, 2.24) is 15.6 Å². The summed E-state index contributed by atoms with van der Waals surface area (Å²) in [5, 5.41) is 6.89. The van der Waals surface area contributed by atoms with Crippen molar-refractivity contribution in [2.24, 2.45) is 0 Å². The van der Waals surface area contributed by atoms with Gasteiger partial charge in [-0.25, -0.2) is 9.78 Å². The summed E-state index contributed by atoms with van der Waals surface area (Å²) >= 11 is 2.87. The standard InChI is InChI=1S/C18H21N3O2S2/c1-12(16(22)21-17(23)19-14-9-5-6-10-14)25-18-20-15(11-24-18)13-7-3-2-4-8-13/h2-4,7-8,11-12,14H,5-6,9-10H2,1H3,(H2,19,21,22,23)/t12-/m1/s1. The average molecular weight is 376 g/mol. The number of thioether (sulfide) groups is 1. The Bertz CT molecular complexity index is 727. The lowest BCUT2D eigenvalue weighted by molar-refractivity contribution is -0.119. The molecule has 1 aliphatic carbocycles. The van der Waals surface area contributed by atoms with Gasteiger partial charge in [0.1, 0.15) is 0 Å². The van der Waals surface area contributed by atoms with Gasteiger partial charge in [0.25, 0.3) is 0 Å². The molecule has 1 saturated carbocycles. The normalized spacial score (nSPS) is 15.7. The zero-order valence-corrected chi connectivity index (χ0v) is 15.7. The first-order valence-corrected chi connectivity index (χ1v) is 10.2. The van der Waals surface area contributed by atoms with E-state index in [1.807, 2.05) is 35.7 Å². The summed E-state index contributed by atoms with van der Waals surface area (Å²) in [4.78, 5) is 28.6. The maximum Gasteiger partial charge on any atom is 0.321 e. The molecule has 2 N–H and O–H groups in total. The number of urea groups is 1. The van der Waals surface area contributed by atoms with Gasteiger partial charge in [-0.15, -0.1) is 11.3 Å². The average Bonchev–Trinajstić information content (AvgIpc) is 3.27. The van der Waals surface area contributed by atoms with Gasteiger partial charge in [-0.3, -0.25) is 10.1 Å². The Balaban J connectivity index is 1.51. The van der Waals surface area contributed by atoms with Crippen LogP contribution >= 0.6 is 23.1 Å². The van der Waals surface area contributed by atoms with Crippen molar-refractivity contribution < 1.29 is 9.59 Å². The lowest BCUT2D eigenvalue weighted by Crippen LogP contribution is -2.45. The van der Waals surface area contributed by atoms with E-state index in [-0.39, 0.29) is 17.2 Å². The number of nitrogens with one attached hydrogen (secondary N) is 2. The molecule has 1 atom stereocenters. The highest BCUT2D eigenvalue weighted by molar-refractivity contribution is 8.02. The summed E-state index contributed by atoms with van der Waals surface area (Å²) in [6.07, 6.45) is 4.26. The molecular formula is C18H21N3O2S2. The number of benzene rings is 1. The molecule has 0 bridgehead atoms. The van der Waals surface area contributed by atoms with E-state index < -0.39 is 6.03 Å². The predicted molar refractivity (Wildman–Crippen MR) is 102 cm³/mol. The molecular weight excluding hydrogens is 354 g/mol. The van der Waals surface area contributed by atoms with E-state index in [2.05, 4.69) is 15.6 Å². The second-order valence-corrected chi connectivity index (χ2v) is 8.51. The first-order valence-electron chi connectivity index (χ1n) is 8.41. The summed E-state index contributed by atoms with van der Waals surface area (Å²) in [7, 11) is 0. The molecule has 25 heavy (non-hydrogen) atoms. The van der Waals surface area contributed by atoms with Crippen molar-refractivity contribution in [3.8, 4) is 11.3 Å². The van der Waals surface area contributed by atoms with Gasteiger partial charge in [-0.05, 0) is 19.8 Å². The number of carbonyl (C=O) groups is 2. The van der Waals surface area contributed by atoms with Crippen LogP contribution in [0.1, 0.15) is 32.6 Å². The van der Waals surface area contributed by atoms with Gasteiger partial charge >= 0.3 is 6.03 Å². The summed E-state index contributed by atoms with van der Waals surface area (Å²) in [6.45, 7) is 1.78. The van der Waals surface area contributed by atoms with Gasteiger partial charge in [-0.2, -0.15) is 0 Å². The first kappa shape index (κ1) is 17.9. The Kier molecular flexibility index (Phi) is 6.09. The fourth-order valence-electron chi connectivity index (χ4n) is 2.76. The van der Waals surface area contributed by atoms with Crippen LogP contribution in [-0.4, -0.2) is 28.2 Å². The quantitative estimate of drug-likeness (QED) is 0.773. The van der Waals surface area contributed by atoms with Crippen LogP contribution < -0.4 is 10.6 Å². The molecule has 7 heteroatoms. The Labute approximate surface area is 155 Å². The molecule has 0 spiro atoms. The SMILES string of the molecule is C[C@@H](Sc1nc(-c2ccccc2)cs1)C(=O)NC(=O)NC1CCCC1. The highest BCUT2D eigenvalue weighted by atomic mass is 32.2. The van der Waals surface area contributed by atoms with Crippen molar-refractivity contribution in [2.75, 3.05) is 0 Å². The Hall–Kier alpha value is -1.86. The van der Waals surface area contributed by atoms with E-state index in [1.54, 1.807) is 6.92 Å². The van der Waals surface area contributed by atoms with Crippen molar-refractivity contribution in [3.05, 3.63) is 35.7 Å². The molecule has 0 saturated heterocycles. The second kappa shape index (κ2) is 8.49. The number of hydrogen-bond donors (Lipinski definition) is 2. The molecule has 1 aromatic carbocycles. The molecule has 132 valence electrons. The third-order valence-electron chi connectivity index (χ3n) is 4.13. The molecule has 1 fully saturated rings. The van der Waals surface area contributed by atoms with E-state index in [4.69, 9.17) is 0 Å². The van der Waals surface area contributed by atoms with Crippen molar-refractivity contribution in [2.45, 2.75) is 48.2 Å². The zero-order chi connectivity index (χ0) is 17.6. The second-order valence-electron chi connectivity index (χ2n) is 6.07. The Morgan fingerprint density at radius 3 is 2.68 bits per heavy atom. The van der Waals surface area contributed by atoms with Crippen LogP contribution in [0.4, 0.5) is 4.79 Å². The monoisotopic (exact) mass is 375 g/mol. The number of aromatic nitrogens is 1. The van der Waals surface area contributed by atoms with E-state index in [0.29, 0.717) is 0 Å². The number of thiazole rings is 1. The van der Waals surface area contributed by atoms with E-state index >= 15 is 0 Å². The minimum atomic E-state index is -0.395. The molecule has 1 heterocycles. The van der Waals surface area contributed by atoms with Crippen LogP contribution in [0, 0.1) is 0 Å². The Morgan fingerprint density at radius 1 is 1.24 bits per heavy atom. The highest BCUT2D eigenvalue weighted by Crippen LogP contribution is 2.30. The van der Waals surface area contributed by atoms with Crippen LogP contribution in [0.25, 0.3) is 11.3 Å². The summed E-state index contributed by atoms with van der Waals surface area (Å²) in [5.74, 6) is -0.294. The Morgan fingerprint density at radius 2 is 1.96 bits per heavy atom. The smallest absolute Gasteiger partial charge is 0.321 e. The van der Waals surface area contributed by atoms with Gasteiger partial charge in [0.15, 0.2) is 4.34 Å². The molecule has 5 nitrogen and oxygen atoms in total. The van der Waals surface area contributed by atoms with Gasteiger partial charge in [0.05, 0.1) is 10.9 Å². The van der Waals surface area contributed by atoms with Crippen molar-refractivity contribution in [1.29, 1.82) is 0 Å². The highest BCUT2D eigenvalue weighted by Gasteiger charge is 2.21. The third-order valence-corrected chi connectivity index (χ3v) is 6.20. The molecule has 0 unspecified atom stereocenters. The predicted octanol–water partition coefficient (Wildman–Crippen LogP) is 4.06. The molecule has 1 aliphatic rings. The number of amides is 3. The molecule has 2 aromatic rings. The first-order chi connectivity index (χ1) is 12.1. The maximum atomic E-state index is 12.2. The fraction of sp³-hybridized carbons (Fsp3) is 0.389. The lowest BCUT2D eigenvalue weighted by Gasteiger charge is -2.14. The molecule has 3 amide bonds. The van der Waals surface area contributed by atoms with Gasteiger partial charge < -0.3 is 5.32 Å². The zero-order valence-electron chi connectivity index (χ0n) is 14.0. The molecule has 0 radical (unpaired) electrons. The minimum Gasteiger partial charge on any atom is -0.335 e. The lowest BCUT2D eigenvalue weighted by atomic mass is 10.2. The third kappa shape index (κ3) is 5.06. The number of rotatable bonds is 5. The van der Waals surface area contributed by atoms with Crippen molar-refractivity contribution >= 4 is 35.0 Å². The number of imide groups is 1. The van der Waals surface area contributed by atoms with Crippen LogP contribution in [0.15, 0.2) is 40.1 Å². The largest absolute Gasteiger partial charge is 0.335 e. The van der Waals surface area contributed by atoms with Crippen molar-refractivity contribution in [3.63, 3.8) is 0 Å². The topological polar surface area (TPSA) is 71.1 Å². The van der Waals surface area contributed by atoms with Gasteiger partial charge in [0, 0.05) is 17.0 Å². The van der Waals surface area contributed by atoms with E-state index in [0.717, 1.165) is 41.3 Å². The van der Waals surface area contributed by atoms with Gasteiger partial charge in [-0.1, -0.05) is 54.9 Å². The van der Waals surface area contributed by atoms with Crippen LogP contribution in [0.3, 0.4) is 0 Å². The number of hydrogen-bond acceptors (Lipinski definition) is 5.